The molecule has 0 amide bonds. The number of pyridine rings is 1. The number of fused-ring (bicyclic) bond motifs is 5. The van der Waals surface area contributed by atoms with Gasteiger partial charge < -0.3 is 4.57 Å². The van der Waals surface area contributed by atoms with Crippen LogP contribution in [0.1, 0.15) is 24.2 Å². The van der Waals surface area contributed by atoms with E-state index in [4.69, 9.17) is 0 Å². The van der Waals surface area contributed by atoms with Crippen molar-refractivity contribution in [3.63, 3.8) is 0 Å². The Labute approximate surface area is 165 Å². The fourth-order valence-electron chi connectivity index (χ4n) is 5.06. The first-order chi connectivity index (χ1) is 13.7. The van der Waals surface area contributed by atoms with Gasteiger partial charge in [-0.2, -0.15) is 0 Å². The fourth-order valence-corrected chi connectivity index (χ4v) is 5.06. The maximum Gasteiger partial charge on any atom is 0.123 e. The fraction of sp³-hybridized carbons (Fsp3) is 0.435. The minimum Gasteiger partial charge on any atom is -0.346 e. The first-order valence-electron chi connectivity index (χ1n) is 10.3. The lowest BCUT2D eigenvalue weighted by Gasteiger charge is -2.36. The number of benzene rings is 1. The van der Waals surface area contributed by atoms with Gasteiger partial charge in [0.25, 0.3) is 0 Å². The molecule has 0 saturated carbocycles. The topological polar surface area (TPSA) is 24.3 Å². The third kappa shape index (κ3) is 3.45. The maximum absolute atomic E-state index is 13.6. The van der Waals surface area contributed by atoms with Gasteiger partial charge in [0.05, 0.1) is 5.69 Å². The smallest absolute Gasteiger partial charge is 0.123 e. The molecule has 2 bridgehead atoms. The number of aryl methyl sites for hydroxylation is 1. The van der Waals surface area contributed by atoms with E-state index in [0.29, 0.717) is 6.04 Å². The van der Waals surface area contributed by atoms with Gasteiger partial charge in [0.2, 0.25) is 0 Å². The SMILES string of the molecule is Cn1c(CN2C[C@H]3CC[C@@H]2CN(Cc2ccccn2)C3)cc2cc(F)ccc21. The van der Waals surface area contributed by atoms with Crippen molar-refractivity contribution in [3.8, 4) is 0 Å². The number of piperidine rings is 1. The second-order valence-corrected chi connectivity index (χ2v) is 8.44. The molecule has 2 atom stereocenters. The number of halogens is 1. The van der Waals surface area contributed by atoms with Crippen LogP contribution in [-0.2, 0) is 20.1 Å². The molecule has 3 saturated heterocycles. The average molecular weight is 378 g/mol. The normalized spacial score (nSPS) is 23.4. The van der Waals surface area contributed by atoms with Gasteiger partial charge in [-0.25, -0.2) is 4.39 Å². The van der Waals surface area contributed by atoms with Crippen LogP contribution in [0.25, 0.3) is 10.9 Å². The van der Waals surface area contributed by atoms with Crippen LogP contribution in [0.4, 0.5) is 4.39 Å². The average Bonchev–Trinajstić information content (AvgIpc) is 2.83. The van der Waals surface area contributed by atoms with E-state index in [1.165, 1.54) is 18.5 Å². The van der Waals surface area contributed by atoms with Crippen LogP contribution >= 0.6 is 0 Å². The van der Waals surface area contributed by atoms with Gasteiger partial charge in [0, 0.05) is 68.6 Å². The molecule has 0 N–H and O–H groups in total. The first kappa shape index (κ1) is 17.8. The summed E-state index contributed by atoms with van der Waals surface area (Å²) in [6.45, 7) is 5.29. The van der Waals surface area contributed by atoms with Gasteiger partial charge in [-0.3, -0.25) is 14.8 Å². The van der Waals surface area contributed by atoms with Crippen molar-refractivity contribution in [2.45, 2.75) is 32.0 Å². The van der Waals surface area contributed by atoms with Crippen LogP contribution in [0.15, 0.2) is 48.7 Å². The summed E-state index contributed by atoms with van der Waals surface area (Å²) in [4.78, 5) is 9.75. The molecule has 3 aliphatic rings. The van der Waals surface area contributed by atoms with Crippen LogP contribution in [-0.4, -0.2) is 45.0 Å². The van der Waals surface area contributed by atoms with E-state index in [2.05, 4.69) is 44.6 Å². The van der Waals surface area contributed by atoms with E-state index < -0.39 is 0 Å². The Morgan fingerprint density at radius 3 is 2.82 bits per heavy atom. The molecular weight excluding hydrogens is 351 g/mol. The molecule has 4 nitrogen and oxygen atoms in total. The Bertz CT molecular complexity index is 967. The van der Waals surface area contributed by atoms with Crippen molar-refractivity contribution in [1.82, 2.24) is 19.4 Å². The zero-order valence-corrected chi connectivity index (χ0v) is 16.4. The molecule has 28 heavy (non-hydrogen) atoms. The zero-order chi connectivity index (χ0) is 19.1. The third-order valence-corrected chi connectivity index (χ3v) is 6.48. The lowest BCUT2D eigenvalue weighted by atomic mass is 9.95. The Balaban J connectivity index is 1.34. The highest BCUT2D eigenvalue weighted by Crippen LogP contribution is 2.31. The minimum atomic E-state index is -0.163. The summed E-state index contributed by atoms with van der Waals surface area (Å²) < 4.78 is 15.8. The molecule has 6 rings (SSSR count). The molecule has 0 aliphatic carbocycles. The summed E-state index contributed by atoms with van der Waals surface area (Å²) in [6, 6.07) is 14.0. The molecule has 5 heterocycles. The number of nitrogens with zero attached hydrogens (tertiary/aromatic N) is 4. The molecule has 1 aromatic carbocycles. The molecule has 0 radical (unpaired) electrons. The van der Waals surface area contributed by atoms with E-state index in [9.17, 15) is 4.39 Å². The highest BCUT2D eigenvalue weighted by atomic mass is 19.1. The van der Waals surface area contributed by atoms with Gasteiger partial charge in [-0.1, -0.05) is 6.07 Å². The number of hydrogen-bond donors (Lipinski definition) is 0. The van der Waals surface area contributed by atoms with Crippen LogP contribution in [0, 0.1) is 11.7 Å². The quantitative estimate of drug-likeness (QED) is 0.690. The van der Waals surface area contributed by atoms with Gasteiger partial charge in [0.1, 0.15) is 5.82 Å². The summed E-state index contributed by atoms with van der Waals surface area (Å²) in [5.74, 6) is 0.554. The highest BCUT2D eigenvalue weighted by molar-refractivity contribution is 5.81. The van der Waals surface area contributed by atoms with E-state index in [0.717, 1.165) is 55.2 Å². The van der Waals surface area contributed by atoms with E-state index in [1.807, 2.05) is 18.3 Å². The number of aromatic nitrogens is 2. The summed E-state index contributed by atoms with van der Waals surface area (Å²) >= 11 is 0. The maximum atomic E-state index is 13.6. The van der Waals surface area contributed by atoms with Crippen LogP contribution in [0.3, 0.4) is 0 Å². The number of rotatable bonds is 4. The Morgan fingerprint density at radius 1 is 1.04 bits per heavy atom. The highest BCUT2D eigenvalue weighted by Gasteiger charge is 2.35. The lowest BCUT2D eigenvalue weighted by molar-refractivity contribution is 0.120. The molecule has 0 spiro atoms. The van der Waals surface area contributed by atoms with Crippen molar-refractivity contribution < 1.29 is 4.39 Å². The van der Waals surface area contributed by atoms with Gasteiger partial charge in [-0.05, 0) is 55.2 Å². The number of hydrogen-bond acceptors (Lipinski definition) is 3. The summed E-state index contributed by atoms with van der Waals surface area (Å²) in [6.07, 6.45) is 4.47. The van der Waals surface area contributed by atoms with Crippen molar-refractivity contribution in [2.75, 3.05) is 19.6 Å². The predicted octanol–water partition coefficient (Wildman–Crippen LogP) is 3.81. The van der Waals surface area contributed by atoms with Crippen molar-refractivity contribution >= 4 is 10.9 Å². The van der Waals surface area contributed by atoms with Crippen molar-refractivity contribution in [3.05, 3.63) is 65.9 Å². The monoisotopic (exact) mass is 378 g/mol. The van der Waals surface area contributed by atoms with Gasteiger partial charge in [0.15, 0.2) is 0 Å². The molecule has 0 unspecified atom stereocenters. The van der Waals surface area contributed by atoms with Crippen LogP contribution in [0.2, 0.25) is 0 Å². The van der Waals surface area contributed by atoms with E-state index >= 15 is 0 Å². The molecule has 2 aromatic heterocycles. The summed E-state index contributed by atoms with van der Waals surface area (Å²) in [7, 11) is 2.10. The summed E-state index contributed by atoms with van der Waals surface area (Å²) in [5, 5.41) is 0.995. The minimum absolute atomic E-state index is 0.163. The Morgan fingerprint density at radius 2 is 1.96 bits per heavy atom. The second kappa shape index (κ2) is 7.30. The summed E-state index contributed by atoms with van der Waals surface area (Å²) in [5.41, 5.74) is 3.53. The van der Waals surface area contributed by atoms with E-state index in [1.54, 1.807) is 12.1 Å². The molecule has 3 aromatic rings. The second-order valence-electron chi connectivity index (χ2n) is 8.44. The molecule has 3 aliphatic heterocycles. The molecule has 5 heteroatoms. The predicted molar refractivity (Wildman–Crippen MR) is 109 cm³/mol. The zero-order valence-electron chi connectivity index (χ0n) is 16.4. The Hall–Kier alpha value is -2.24. The van der Waals surface area contributed by atoms with Crippen molar-refractivity contribution in [2.24, 2.45) is 13.0 Å². The molecular formula is C23H27FN4. The van der Waals surface area contributed by atoms with E-state index in [-0.39, 0.29) is 5.82 Å². The first-order valence-corrected chi connectivity index (χ1v) is 10.3. The Kier molecular flexibility index (Phi) is 4.65. The molecule has 3 fully saturated rings. The van der Waals surface area contributed by atoms with Crippen molar-refractivity contribution in [1.29, 1.82) is 0 Å². The van der Waals surface area contributed by atoms with Gasteiger partial charge >= 0.3 is 0 Å². The van der Waals surface area contributed by atoms with Crippen LogP contribution < -0.4 is 0 Å². The van der Waals surface area contributed by atoms with Gasteiger partial charge in [-0.15, -0.1) is 0 Å². The molecule has 146 valence electrons. The lowest BCUT2D eigenvalue weighted by Crippen LogP contribution is -2.43. The van der Waals surface area contributed by atoms with Crippen LogP contribution in [0.5, 0.6) is 0 Å². The third-order valence-electron chi connectivity index (χ3n) is 6.48. The largest absolute Gasteiger partial charge is 0.346 e. The standard InChI is InChI=1S/C23H27FN4/c1-26-22(11-18-10-19(24)6-8-23(18)26)16-28-13-17-5-7-21(28)15-27(12-17)14-20-4-2-3-9-25-20/h2-4,6,8-11,17,21H,5,7,12-16H2,1H3/t17-,21+/m0/s1.